The van der Waals surface area contributed by atoms with Crippen LogP contribution in [0.4, 0.5) is 5.69 Å². The Labute approximate surface area is 145 Å². The van der Waals surface area contributed by atoms with Gasteiger partial charge in [-0.3, -0.25) is 0 Å². The van der Waals surface area contributed by atoms with Crippen LogP contribution in [-0.2, 0) is 16.4 Å². The molecule has 0 aliphatic rings. The van der Waals surface area contributed by atoms with Crippen molar-refractivity contribution in [2.75, 3.05) is 19.3 Å². The third kappa shape index (κ3) is 3.87. The van der Waals surface area contributed by atoms with E-state index in [4.69, 9.17) is 5.73 Å². The van der Waals surface area contributed by atoms with Crippen LogP contribution >= 0.6 is 43.2 Å². The zero-order valence-corrected chi connectivity index (χ0v) is 16.0. The fourth-order valence-electron chi connectivity index (χ4n) is 1.82. The van der Waals surface area contributed by atoms with Crippen LogP contribution in [-0.4, -0.2) is 26.3 Å². The number of benzene rings is 1. The van der Waals surface area contributed by atoms with Crippen molar-refractivity contribution >= 4 is 58.9 Å². The Morgan fingerprint density at radius 1 is 1.29 bits per heavy atom. The third-order valence-corrected chi connectivity index (χ3v) is 7.61. The van der Waals surface area contributed by atoms with E-state index in [0.717, 1.165) is 4.88 Å². The van der Waals surface area contributed by atoms with Gasteiger partial charge in [-0.1, -0.05) is 6.07 Å². The molecule has 0 saturated carbocycles. The highest BCUT2D eigenvalue weighted by Crippen LogP contribution is 2.34. The SMILES string of the molecule is CN(CCc1cccs1)S(=O)(=O)c1c(Br)cc(N)cc1Br. The molecule has 0 fully saturated rings. The van der Waals surface area contributed by atoms with Crippen molar-refractivity contribution in [2.45, 2.75) is 11.3 Å². The highest BCUT2D eigenvalue weighted by Gasteiger charge is 2.26. The topological polar surface area (TPSA) is 63.4 Å². The van der Waals surface area contributed by atoms with Gasteiger partial charge in [0.05, 0.1) is 0 Å². The van der Waals surface area contributed by atoms with Crippen molar-refractivity contribution in [1.29, 1.82) is 0 Å². The molecule has 21 heavy (non-hydrogen) atoms. The number of halogens is 2. The highest BCUT2D eigenvalue weighted by molar-refractivity contribution is 9.11. The molecule has 0 radical (unpaired) electrons. The monoisotopic (exact) mass is 452 g/mol. The Morgan fingerprint density at radius 2 is 1.90 bits per heavy atom. The molecule has 1 aromatic carbocycles. The summed E-state index contributed by atoms with van der Waals surface area (Å²) in [6.07, 6.45) is 0.692. The van der Waals surface area contributed by atoms with Gasteiger partial charge in [-0.25, -0.2) is 12.7 Å². The summed E-state index contributed by atoms with van der Waals surface area (Å²) in [6.45, 7) is 0.423. The first kappa shape index (κ1) is 17.0. The minimum absolute atomic E-state index is 0.199. The average molecular weight is 454 g/mol. The van der Waals surface area contributed by atoms with Gasteiger partial charge in [0.1, 0.15) is 4.90 Å². The molecule has 0 aliphatic heterocycles. The maximum atomic E-state index is 12.7. The number of sulfonamides is 1. The second-order valence-corrected chi connectivity index (χ2v) is 9.19. The van der Waals surface area contributed by atoms with Crippen LogP contribution in [0.5, 0.6) is 0 Å². The molecule has 1 heterocycles. The minimum atomic E-state index is -3.58. The van der Waals surface area contributed by atoms with Gasteiger partial charge >= 0.3 is 0 Å². The summed E-state index contributed by atoms with van der Waals surface area (Å²) in [5.41, 5.74) is 6.20. The Hall–Kier alpha value is -0.410. The predicted molar refractivity (Wildman–Crippen MR) is 94.1 cm³/mol. The van der Waals surface area contributed by atoms with Crippen LogP contribution < -0.4 is 5.73 Å². The molecule has 2 rings (SSSR count). The molecule has 1 aromatic heterocycles. The van der Waals surface area contributed by atoms with E-state index in [2.05, 4.69) is 31.9 Å². The van der Waals surface area contributed by atoms with Crippen molar-refractivity contribution in [3.05, 3.63) is 43.5 Å². The summed E-state index contributed by atoms with van der Waals surface area (Å²) in [6, 6.07) is 7.14. The van der Waals surface area contributed by atoms with E-state index in [1.54, 1.807) is 30.5 Å². The van der Waals surface area contributed by atoms with Crippen molar-refractivity contribution in [3.8, 4) is 0 Å². The van der Waals surface area contributed by atoms with Gasteiger partial charge in [0.2, 0.25) is 10.0 Å². The summed E-state index contributed by atoms with van der Waals surface area (Å²) < 4.78 is 27.6. The molecule has 8 heteroatoms. The number of nitrogen functional groups attached to an aromatic ring is 1. The van der Waals surface area contributed by atoms with E-state index in [0.29, 0.717) is 27.6 Å². The largest absolute Gasteiger partial charge is 0.399 e. The number of hydrogen-bond donors (Lipinski definition) is 1. The van der Waals surface area contributed by atoms with Crippen molar-refractivity contribution in [1.82, 2.24) is 4.31 Å². The number of anilines is 1. The minimum Gasteiger partial charge on any atom is -0.399 e. The Morgan fingerprint density at radius 3 is 2.43 bits per heavy atom. The normalized spacial score (nSPS) is 12.0. The lowest BCUT2D eigenvalue weighted by molar-refractivity contribution is 0.473. The first-order chi connectivity index (χ1) is 9.82. The number of nitrogens with two attached hydrogens (primary N) is 1. The first-order valence-electron chi connectivity index (χ1n) is 6.05. The quantitative estimate of drug-likeness (QED) is 0.701. The lowest BCUT2D eigenvalue weighted by Gasteiger charge is -2.19. The molecule has 0 unspecified atom stereocenters. The maximum absolute atomic E-state index is 12.7. The highest BCUT2D eigenvalue weighted by atomic mass is 79.9. The Kier molecular flexibility index (Phi) is 5.48. The van der Waals surface area contributed by atoms with E-state index < -0.39 is 10.0 Å². The number of nitrogens with zero attached hydrogens (tertiary/aromatic N) is 1. The van der Waals surface area contributed by atoms with Gasteiger partial charge in [0, 0.05) is 33.1 Å². The van der Waals surface area contributed by atoms with Crippen molar-refractivity contribution < 1.29 is 8.42 Å². The molecule has 4 nitrogen and oxygen atoms in total. The van der Waals surface area contributed by atoms with E-state index in [1.807, 2.05) is 17.5 Å². The third-order valence-electron chi connectivity index (χ3n) is 2.94. The number of thiophene rings is 1. The Balaban J connectivity index is 2.25. The molecule has 0 atom stereocenters. The van der Waals surface area contributed by atoms with Gasteiger partial charge in [-0.15, -0.1) is 11.3 Å². The van der Waals surface area contributed by atoms with Crippen LogP contribution in [0.25, 0.3) is 0 Å². The summed E-state index contributed by atoms with van der Waals surface area (Å²) in [4.78, 5) is 1.36. The van der Waals surface area contributed by atoms with Crippen LogP contribution in [0.1, 0.15) is 4.88 Å². The lowest BCUT2D eigenvalue weighted by Crippen LogP contribution is -2.29. The molecule has 0 spiro atoms. The van der Waals surface area contributed by atoms with Crippen LogP contribution in [0, 0.1) is 0 Å². The van der Waals surface area contributed by atoms with Gasteiger partial charge in [0.15, 0.2) is 0 Å². The van der Waals surface area contributed by atoms with E-state index in [1.165, 1.54) is 4.31 Å². The number of rotatable bonds is 5. The maximum Gasteiger partial charge on any atom is 0.245 e. The molecule has 114 valence electrons. The molecule has 0 amide bonds. The second-order valence-electron chi connectivity index (χ2n) is 4.47. The first-order valence-corrected chi connectivity index (χ1v) is 9.96. The zero-order chi connectivity index (χ0) is 15.6. The smallest absolute Gasteiger partial charge is 0.245 e. The molecular formula is C13H14Br2N2O2S2. The van der Waals surface area contributed by atoms with E-state index in [-0.39, 0.29) is 4.90 Å². The summed E-state index contributed by atoms with van der Waals surface area (Å²) in [5.74, 6) is 0. The molecule has 0 saturated heterocycles. The Bertz CT molecular complexity index is 708. The fraction of sp³-hybridized carbons (Fsp3) is 0.231. The van der Waals surface area contributed by atoms with Crippen molar-refractivity contribution in [2.24, 2.45) is 0 Å². The van der Waals surface area contributed by atoms with Gasteiger partial charge < -0.3 is 5.73 Å². The van der Waals surface area contributed by atoms with Crippen LogP contribution in [0.2, 0.25) is 0 Å². The molecule has 2 aromatic rings. The van der Waals surface area contributed by atoms with Gasteiger partial charge in [-0.2, -0.15) is 0 Å². The van der Waals surface area contributed by atoms with E-state index >= 15 is 0 Å². The summed E-state index contributed by atoms with van der Waals surface area (Å²) in [5, 5.41) is 1.98. The lowest BCUT2D eigenvalue weighted by atomic mass is 10.3. The number of hydrogen-bond acceptors (Lipinski definition) is 4. The van der Waals surface area contributed by atoms with Crippen molar-refractivity contribution in [3.63, 3.8) is 0 Å². The zero-order valence-electron chi connectivity index (χ0n) is 11.2. The number of likely N-dealkylation sites (N-methyl/N-ethyl adjacent to an activating group) is 1. The van der Waals surface area contributed by atoms with E-state index in [9.17, 15) is 8.42 Å². The molecular weight excluding hydrogens is 440 g/mol. The van der Waals surface area contributed by atoms with Crippen LogP contribution in [0.3, 0.4) is 0 Å². The van der Waals surface area contributed by atoms with Crippen LogP contribution in [0.15, 0.2) is 43.5 Å². The summed E-state index contributed by atoms with van der Waals surface area (Å²) >= 11 is 8.18. The second kappa shape index (κ2) is 6.78. The molecule has 2 N–H and O–H groups in total. The average Bonchev–Trinajstić information content (AvgIpc) is 2.87. The molecule has 0 bridgehead atoms. The predicted octanol–water partition coefficient (Wildman–Crippen LogP) is 3.72. The molecule has 0 aliphatic carbocycles. The summed E-state index contributed by atoms with van der Waals surface area (Å²) in [7, 11) is -2.00. The van der Waals surface area contributed by atoms with Gasteiger partial charge in [-0.05, 0) is 61.9 Å². The standard InChI is InChI=1S/C13H14Br2N2O2S2/c1-17(5-4-10-3-2-6-20-10)21(18,19)13-11(14)7-9(16)8-12(13)15/h2-3,6-8H,4-5,16H2,1H3. The van der Waals surface area contributed by atoms with Gasteiger partial charge in [0.25, 0.3) is 0 Å². The fourth-order valence-corrected chi connectivity index (χ4v) is 6.23.